The molecular formula is C9H15N3. The third-order valence-corrected chi connectivity index (χ3v) is 2.56. The fraction of sp³-hybridized carbons (Fsp3) is 0.667. The molecule has 2 heterocycles. The van der Waals surface area contributed by atoms with Crippen LogP contribution in [-0.4, -0.2) is 27.7 Å². The van der Waals surface area contributed by atoms with Crippen LogP contribution < -0.4 is 0 Å². The van der Waals surface area contributed by atoms with Gasteiger partial charge in [0.15, 0.2) is 0 Å². The molecule has 0 saturated carbocycles. The van der Waals surface area contributed by atoms with Crippen molar-refractivity contribution in [1.29, 1.82) is 0 Å². The standard InChI is InChI=1S/C9H15N3/c1-7(2)12-4-3-8-5-10-11-9(8)6-12/h5,7H,3-4,6H2,1-2H3,(H,10,11). The Morgan fingerprint density at radius 2 is 2.42 bits per heavy atom. The molecule has 0 saturated heterocycles. The summed E-state index contributed by atoms with van der Waals surface area (Å²) in [6.07, 6.45) is 3.16. The van der Waals surface area contributed by atoms with Crippen LogP contribution in [0.3, 0.4) is 0 Å². The fourth-order valence-corrected chi connectivity index (χ4v) is 1.67. The highest BCUT2D eigenvalue weighted by atomic mass is 15.2. The van der Waals surface area contributed by atoms with Crippen molar-refractivity contribution in [2.45, 2.75) is 32.9 Å². The molecule has 0 aromatic carbocycles. The highest BCUT2D eigenvalue weighted by molar-refractivity contribution is 5.19. The highest BCUT2D eigenvalue weighted by Crippen LogP contribution is 2.17. The molecule has 3 heteroatoms. The van der Waals surface area contributed by atoms with Crippen LogP contribution >= 0.6 is 0 Å². The second-order valence-corrected chi connectivity index (χ2v) is 3.67. The molecule has 1 aliphatic heterocycles. The maximum atomic E-state index is 4.22. The summed E-state index contributed by atoms with van der Waals surface area (Å²) in [7, 11) is 0. The van der Waals surface area contributed by atoms with Crippen LogP contribution in [0.25, 0.3) is 0 Å². The summed E-state index contributed by atoms with van der Waals surface area (Å²) < 4.78 is 0. The monoisotopic (exact) mass is 165 g/mol. The van der Waals surface area contributed by atoms with E-state index in [1.807, 2.05) is 6.20 Å². The van der Waals surface area contributed by atoms with Gasteiger partial charge in [-0.1, -0.05) is 0 Å². The molecule has 2 rings (SSSR count). The van der Waals surface area contributed by atoms with Crippen LogP contribution in [0, 0.1) is 0 Å². The number of aromatic amines is 1. The molecule has 0 atom stereocenters. The minimum atomic E-state index is 0.634. The van der Waals surface area contributed by atoms with Gasteiger partial charge in [0.2, 0.25) is 0 Å². The van der Waals surface area contributed by atoms with Gasteiger partial charge in [-0.2, -0.15) is 5.10 Å². The zero-order valence-corrected chi connectivity index (χ0v) is 7.67. The van der Waals surface area contributed by atoms with E-state index < -0.39 is 0 Å². The van der Waals surface area contributed by atoms with E-state index in [0.717, 1.165) is 13.0 Å². The molecular weight excluding hydrogens is 150 g/mol. The zero-order chi connectivity index (χ0) is 8.55. The topological polar surface area (TPSA) is 31.9 Å². The van der Waals surface area contributed by atoms with Crippen LogP contribution in [0.4, 0.5) is 0 Å². The zero-order valence-electron chi connectivity index (χ0n) is 7.67. The lowest BCUT2D eigenvalue weighted by Gasteiger charge is -2.29. The molecule has 1 N–H and O–H groups in total. The summed E-state index contributed by atoms with van der Waals surface area (Å²) in [6, 6.07) is 0.634. The molecule has 12 heavy (non-hydrogen) atoms. The average molecular weight is 165 g/mol. The third kappa shape index (κ3) is 1.25. The molecule has 1 aromatic heterocycles. The summed E-state index contributed by atoms with van der Waals surface area (Å²) in [4.78, 5) is 2.45. The van der Waals surface area contributed by atoms with Crippen LogP contribution in [-0.2, 0) is 13.0 Å². The number of nitrogens with one attached hydrogen (secondary N) is 1. The molecule has 1 aromatic rings. The Kier molecular flexibility index (Phi) is 1.89. The molecule has 0 amide bonds. The van der Waals surface area contributed by atoms with Gasteiger partial charge in [-0.3, -0.25) is 10.00 Å². The molecule has 0 spiro atoms. The number of aromatic nitrogens is 2. The largest absolute Gasteiger partial charge is 0.295 e. The van der Waals surface area contributed by atoms with E-state index in [-0.39, 0.29) is 0 Å². The number of rotatable bonds is 1. The predicted octanol–water partition coefficient (Wildman–Crippen LogP) is 1.18. The van der Waals surface area contributed by atoms with Crippen molar-refractivity contribution in [3.63, 3.8) is 0 Å². The molecule has 0 radical (unpaired) electrons. The Balaban J connectivity index is 2.15. The van der Waals surface area contributed by atoms with Gasteiger partial charge < -0.3 is 0 Å². The van der Waals surface area contributed by atoms with Crippen molar-refractivity contribution in [2.24, 2.45) is 0 Å². The minimum absolute atomic E-state index is 0.634. The van der Waals surface area contributed by atoms with E-state index in [9.17, 15) is 0 Å². The van der Waals surface area contributed by atoms with Crippen molar-refractivity contribution in [3.8, 4) is 0 Å². The minimum Gasteiger partial charge on any atom is -0.295 e. The summed E-state index contributed by atoms with van der Waals surface area (Å²) in [5, 5.41) is 7.15. The van der Waals surface area contributed by atoms with Crippen molar-refractivity contribution in [2.75, 3.05) is 6.54 Å². The van der Waals surface area contributed by atoms with E-state index in [1.54, 1.807) is 0 Å². The van der Waals surface area contributed by atoms with Gasteiger partial charge in [0, 0.05) is 25.3 Å². The van der Waals surface area contributed by atoms with Gasteiger partial charge in [-0.15, -0.1) is 0 Å². The molecule has 0 aliphatic carbocycles. The Morgan fingerprint density at radius 3 is 3.17 bits per heavy atom. The third-order valence-electron chi connectivity index (χ3n) is 2.56. The van der Waals surface area contributed by atoms with Gasteiger partial charge >= 0.3 is 0 Å². The van der Waals surface area contributed by atoms with Crippen molar-refractivity contribution in [1.82, 2.24) is 15.1 Å². The summed E-state index contributed by atoms with van der Waals surface area (Å²) in [5.41, 5.74) is 2.63. The van der Waals surface area contributed by atoms with Crippen molar-refractivity contribution in [3.05, 3.63) is 17.5 Å². The van der Waals surface area contributed by atoms with Crippen molar-refractivity contribution >= 4 is 0 Å². The van der Waals surface area contributed by atoms with Crippen LogP contribution in [0.1, 0.15) is 25.1 Å². The quantitative estimate of drug-likeness (QED) is 0.677. The maximum Gasteiger partial charge on any atom is 0.0794 e. The van der Waals surface area contributed by atoms with Crippen LogP contribution in [0.5, 0.6) is 0 Å². The first-order valence-electron chi connectivity index (χ1n) is 4.53. The van der Waals surface area contributed by atoms with E-state index in [2.05, 4.69) is 28.9 Å². The summed E-state index contributed by atoms with van der Waals surface area (Å²) in [5.74, 6) is 0. The van der Waals surface area contributed by atoms with E-state index in [4.69, 9.17) is 0 Å². The number of fused-ring (bicyclic) bond motifs is 1. The first-order chi connectivity index (χ1) is 5.77. The molecule has 1 aliphatic rings. The van der Waals surface area contributed by atoms with Crippen molar-refractivity contribution < 1.29 is 0 Å². The Labute approximate surface area is 72.8 Å². The number of nitrogens with zero attached hydrogens (tertiary/aromatic N) is 2. The van der Waals surface area contributed by atoms with Crippen LogP contribution in [0.2, 0.25) is 0 Å². The van der Waals surface area contributed by atoms with Gasteiger partial charge in [0.1, 0.15) is 0 Å². The normalized spacial score (nSPS) is 18.2. The highest BCUT2D eigenvalue weighted by Gasteiger charge is 2.19. The van der Waals surface area contributed by atoms with Crippen LogP contribution in [0.15, 0.2) is 6.20 Å². The lowest BCUT2D eigenvalue weighted by molar-refractivity contribution is 0.201. The molecule has 0 fully saturated rings. The first-order valence-corrected chi connectivity index (χ1v) is 4.53. The van der Waals surface area contributed by atoms with E-state index >= 15 is 0 Å². The maximum absolute atomic E-state index is 4.22. The summed E-state index contributed by atoms with van der Waals surface area (Å²) in [6.45, 7) is 6.65. The van der Waals surface area contributed by atoms with E-state index in [0.29, 0.717) is 6.04 Å². The smallest absolute Gasteiger partial charge is 0.0794 e. The first kappa shape index (κ1) is 7.80. The molecule has 0 bridgehead atoms. The lowest BCUT2D eigenvalue weighted by atomic mass is 10.1. The average Bonchev–Trinajstić information content (AvgIpc) is 2.49. The second kappa shape index (κ2) is 2.90. The second-order valence-electron chi connectivity index (χ2n) is 3.67. The summed E-state index contributed by atoms with van der Waals surface area (Å²) >= 11 is 0. The van der Waals surface area contributed by atoms with Gasteiger partial charge in [-0.25, -0.2) is 0 Å². The Hall–Kier alpha value is -0.830. The molecule has 66 valence electrons. The fourth-order valence-electron chi connectivity index (χ4n) is 1.67. The number of hydrogen-bond acceptors (Lipinski definition) is 2. The molecule has 0 unspecified atom stereocenters. The molecule has 3 nitrogen and oxygen atoms in total. The van der Waals surface area contributed by atoms with Gasteiger partial charge in [0.25, 0.3) is 0 Å². The van der Waals surface area contributed by atoms with Gasteiger partial charge in [0.05, 0.1) is 5.69 Å². The Morgan fingerprint density at radius 1 is 1.58 bits per heavy atom. The van der Waals surface area contributed by atoms with Gasteiger partial charge in [-0.05, 0) is 25.8 Å². The lowest BCUT2D eigenvalue weighted by Crippen LogP contribution is -2.35. The predicted molar refractivity (Wildman–Crippen MR) is 47.8 cm³/mol. The SMILES string of the molecule is CC(C)N1CCc2c[nH]nc2C1. The Bertz CT molecular complexity index is 264. The number of hydrogen-bond donors (Lipinski definition) is 1. The number of H-pyrrole nitrogens is 1. The van der Waals surface area contributed by atoms with E-state index in [1.165, 1.54) is 17.8 Å².